The molecule has 0 bridgehead atoms. The molecule has 2 aliphatic rings. The Balaban J connectivity index is 1.23. The van der Waals surface area contributed by atoms with Gasteiger partial charge in [-0.3, -0.25) is 14.4 Å². The average molecular weight is 514 g/mol. The van der Waals surface area contributed by atoms with Crippen LogP contribution in [-0.2, 0) is 35.1 Å². The van der Waals surface area contributed by atoms with Crippen LogP contribution in [0.4, 0.5) is 5.69 Å². The van der Waals surface area contributed by atoms with E-state index in [1.54, 1.807) is 0 Å². The van der Waals surface area contributed by atoms with Gasteiger partial charge < -0.3 is 19.6 Å². The van der Waals surface area contributed by atoms with E-state index in [4.69, 9.17) is 9.47 Å². The Morgan fingerprint density at radius 2 is 1.62 bits per heavy atom. The maximum atomic E-state index is 13.1. The Kier molecular flexibility index (Phi) is 11.9. The zero-order valence-electron chi connectivity index (χ0n) is 22.4. The Morgan fingerprint density at radius 1 is 0.946 bits per heavy atom. The molecule has 0 aliphatic heterocycles. The molecule has 4 unspecified atom stereocenters. The molecular formula is C30H43NO6. The van der Waals surface area contributed by atoms with Crippen LogP contribution in [0.5, 0.6) is 0 Å². The number of carbonyl (C=O) groups excluding carboxylic acids is 4. The van der Waals surface area contributed by atoms with Crippen LogP contribution < -0.4 is 5.32 Å². The molecule has 1 aromatic carbocycles. The van der Waals surface area contributed by atoms with Crippen molar-refractivity contribution in [3.8, 4) is 0 Å². The number of aryl methyl sites for hydroxylation is 1. The number of amides is 1. The molecule has 37 heavy (non-hydrogen) atoms. The minimum Gasteiger partial charge on any atom is -0.379 e. The topological polar surface area (TPSA) is 98.8 Å². The van der Waals surface area contributed by atoms with E-state index in [1.165, 1.54) is 12.8 Å². The van der Waals surface area contributed by atoms with Crippen molar-refractivity contribution < 1.29 is 28.7 Å². The van der Waals surface area contributed by atoms with Crippen LogP contribution in [-0.4, -0.2) is 50.2 Å². The maximum absolute atomic E-state index is 13.1. The second-order valence-corrected chi connectivity index (χ2v) is 10.6. The maximum Gasteiger partial charge on any atom is 0.226 e. The van der Waals surface area contributed by atoms with Gasteiger partial charge in [0, 0.05) is 42.4 Å². The lowest BCUT2D eigenvalue weighted by atomic mass is 9.62. The fourth-order valence-electron chi connectivity index (χ4n) is 5.95. The number of hydrogen-bond donors (Lipinski definition) is 1. The van der Waals surface area contributed by atoms with E-state index in [0.717, 1.165) is 36.8 Å². The molecule has 1 amide bonds. The van der Waals surface area contributed by atoms with E-state index in [9.17, 15) is 19.2 Å². The minimum absolute atomic E-state index is 0.0727. The number of rotatable bonds is 15. The summed E-state index contributed by atoms with van der Waals surface area (Å²) in [6.07, 6.45) is 8.31. The summed E-state index contributed by atoms with van der Waals surface area (Å²) in [5, 5.41) is 2.84. The molecule has 0 aromatic heterocycles. The van der Waals surface area contributed by atoms with Crippen LogP contribution >= 0.6 is 0 Å². The number of hydrogen-bond acceptors (Lipinski definition) is 6. The third kappa shape index (κ3) is 8.57. The molecule has 7 nitrogen and oxygen atoms in total. The van der Waals surface area contributed by atoms with Gasteiger partial charge in [-0.25, -0.2) is 0 Å². The van der Waals surface area contributed by atoms with E-state index in [-0.39, 0.29) is 41.8 Å². The van der Waals surface area contributed by atoms with Crippen LogP contribution in [0, 0.1) is 29.6 Å². The fraction of sp³-hybridized carbons (Fsp3) is 0.667. The summed E-state index contributed by atoms with van der Waals surface area (Å²) in [5.74, 6) is 0.235. The molecule has 7 heteroatoms. The summed E-state index contributed by atoms with van der Waals surface area (Å²) in [4.78, 5) is 48.6. The third-order valence-electron chi connectivity index (χ3n) is 8.08. The van der Waals surface area contributed by atoms with Gasteiger partial charge in [-0.15, -0.1) is 0 Å². The lowest BCUT2D eigenvalue weighted by Gasteiger charge is -2.39. The zero-order valence-corrected chi connectivity index (χ0v) is 22.4. The molecule has 1 N–H and O–H groups in total. The van der Waals surface area contributed by atoms with E-state index in [1.807, 2.05) is 38.1 Å². The summed E-state index contributed by atoms with van der Waals surface area (Å²) in [5.41, 5.74) is 1.78. The second kappa shape index (κ2) is 15.1. The quantitative estimate of drug-likeness (QED) is 0.267. The number of Topliss-reactive ketones (excluding diaryl/α,β-unsaturated/α-hetero) is 2. The van der Waals surface area contributed by atoms with E-state index in [0.29, 0.717) is 57.4 Å². The molecular weight excluding hydrogens is 470 g/mol. The van der Waals surface area contributed by atoms with Crippen molar-refractivity contribution in [2.24, 2.45) is 29.6 Å². The van der Waals surface area contributed by atoms with Crippen molar-refractivity contribution >= 4 is 29.4 Å². The molecule has 0 radical (unpaired) electrons. The Morgan fingerprint density at radius 3 is 2.30 bits per heavy atom. The molecule has 0 heterocycles. The first-order chi connectivity index (χ1) is 17.9. The first-order valence-electron chi connectivity index (χ1n) is 14.0. The van der Waals surface area contributed by atoms with Crippen LogP contribution in [0.25, 0.3) is 0 Å². The molecule has 204 valence electrons. The van der Waals surface area contributed by atoms with Gasteiger partial charge in [0.15, 0.2) is 0 Å². The molecule has 2 aliphatic carbocycles. The van der Waals surface area contributed by atoms with Crippen molar-refractivity contribution in [1.29, 1.82) is 0 Å². The van der Waals surface area contributed by atoms with Gasteiger partial charge in [0.1, 0.15) is 17.9 Å². The van der Waals surface area contributed by atoms with Crippen molar-refractivity contribution in [1.82, 2.24) is 0 Å². The Bertz CT molecular complexity index is 892. The van der Waals surface area contributed by atoms with Crippen LogP contribution in [0.1, 0.15) is 70.8 Å². The number of ketones is 2. The van der Waals surface area contributed by atoms with Gasteiger partial charge in [-0.1, -0.05) is 38.8 Å². The normalized spacial score (nSPS) is 24.4. The van der Waals surface area contributed by atoms with Crippen molar-refractivity contribution in [2.45, 2.75) is 71.6 Å². The number of ether oxygens (including phenoxy) is 2. The number of anilines is 1. The summed E-state index contributed by atoms with van der Waals surface area (Å²) in [6.45, 7) is 5.56. The summed E-state index contributed by atoms with van der Waals surface area (Å²) in [6, 6.07) is 7.48. The lowest BCUT2D eigenvalue weighted by molar-refractivity contribution is -0.148. The lowest BCUT2D eigenvalue weighted by Crippen LogP contribution is -2.47. The molecule has 2 fully saturated rings. The minimum atomic E-state index is -0.191. The predicted octanol–water partition coefficient (Wildman–Crippen LogP) is 4.81. The molecule has 3 rings (SSSR count). The van der Waals surface area contributed by atoms with Crippen molar-refractivity contribution in [2.75, 3.05) is 31.7 Å². The SMILES string of the molecule is CC1C(=O)C(C2CCCC2)C(C)C(=O)C1CCCOCCOCCC(=O)Nc1ccc(CCC=O)cc1. The first-order valence-corrected chi connectivity index (χ1v) is 14.0. The van der Waals surface area contributed by atoms with Crippen LogP contribution in [0.2, 0.25) is 0 Å². The third-order valence-corrected chi connectivity index (χ3v) is 8.08. The number of nitrogens with one attached hydrogen (secondary N) is 1. The molecule has 0 spiro atoms. The zero-order chi connectivity index (χ0) is 26.6. The Labute approximate surface area is 221 Å². The van der Waals surface area contributed by atoms with Crippen LogP contribution in [0.15, 0.2) is 24.3 Å². The summed E-state index contributed by atoms with van der Waals surface area (Å²) < 4.78 is 11.2. The van der Waals surface area contributed by atoms with E-state index < -0.39 is 0 Å². The molecule has 4 atom stereocenters. The van der Waals surface area contributed by atoms with Gasteiger partial charge in [-0.05, 0) is 55.7 Å². The molecule has 0 saturated heterocycles. The second-order valence-electron chi connectivity index (χ2n) is 10.6. The number of benzene rings is 1. The first kappa shape index (κ1) is 29.2. The smallest absolute Gasteiger partial charge is 0.226 e. The van der Waals surface area contributed by atoms with Gasteiger partial charge >= 0.3 is 0 Å². The largest absolute Gasteiger partial charge is 0.379 e. The summed E-state index contributed by atoms with van der Waals surface area (Å²) in [7, 11) is 0. The standard InChI is InChI=1S/C30H43NO6/c1-21-26(29(34)22(2)28(30(21)35)24-8-3-4-9-24)10-6-17-36-19-20-37-18-15-27(33)31-25-13-11-23(12-14-25)7-5-16-32/h11-14,16,21-22,24,26,28H,3-10,15,17-20H2,1-2H3,(H,31,33). The monoisotopic (exact) mass is 513 g/mol. The predicted molar refractivity (Wildman–Crippen MR) is 142 cm³/mol. The highest BCUT2D eigenvalue weighted by Crippen LogP contribution is 2.43. The summed E-state index contributed by atoms with van der Waals surface area (Å²) >= 11 is 0. The number of aldehydes is 1. The van der Waals surface area contributed by atoms with Gasteiger partial charge in [0.05, 0.1) is 26.2 Å². The van der Waals surface area contributed by atoms with Crippen molar-refractivity contribution in [3.05, 3.63) is 29.8 Å². The highest BCUT2D eigenvalue weighted by Gasteiger charge is 2.48. The number of carbonyl (C=O) groups is 4. The highest BCUT2D eigenvalue weighted by molar-refractivity contribution is 5.99. The fourth-order valence-corrected chi connectivity index (χ4v) is 5.95. The van der Waals surface area contributed by atoms with Gasteiger partial charge in [0.2, 0.25) is 5.91 Å². The van der Waals surface area contributed by atoms with E-state index in [2.05, 4.69) is 5.32 Å². The van der Waals surface area contributed by atoms with Gasteiger partial charge in [-0.2, -0.15) is 0 Å². The van der Waals surface area contributed by atoms with Gasteiger partial charge in [0.25, 0.3) is 0 Å². The van der Waals surface area contributed by atoms with Crippen LogP contribution in [0.3, 0.4) is 0 Å². The molecule has 2 saturated carbocycles. The average Bonchev–Trinajstić information content (AvgIpc) is 3.42. The Hall–Kier alpha value is -2.38. The molecule has 1 aromatic rings. The van der Waals surface area contributed by atoms with E-state index >= 15 is 0 Å². The van der Waals surface area contributed by atoms with Crippen molar-refractivity contribution in [3.63, 3.8) is 0 Å². The highest BCUT2D eigenvalue weighted by atomic mass is 16.5.